The van der Waals surface area contributed by atoms with Crippen molar-refractivity contribution in [2.24, 2.45) is 15.9 Å². The SMILES string of the molecule is CC1=NC=NC(C)C1OCC(=O)N[C@@H](Cc1ccccc1)C[C@H](O)[C@H](Cc1ccccc1)NC(=O)O[C@H]1CO[C@H]2OCC[C@H]21. The lowest BCUT2D eigenvalue weighted by atomic mass is 9.93. The molecule has 44 heavy (non-hydrogen) atoms. The third-order valence-electron chi connectivity index (χ3n) is 8.33. The van der Waals surface area contributed by atoms with E-state index in [1.54, 1.807) is 0 Å². The van der Waals surface area contributed by atoms with Crippen molar-refractivity contribution in [2.45, 2.75) is 82.3 Å². The fourth-order valence-corrected chi connectivity index (χ4v) is 5.99. The van der Waals surface area contributed by atoms with Crippen molar-refractivity contribution in [2.75, 3.05) is 19.8 Å². The highest BCUT2D eigenvalue weighted by Crippen LogP contribution is 2.33. The monoisotopic (exact) mass is 606 g/mol. The van der Waals surface area contributed by atoms with Crippen LogP contribution in [0.25, 0.3) is 0 Å². The van der Waals surface area contributed by atoms with Crippen LogP contribution < -0.4 is 10.6 Å². The van der Waals surface area contributed by atoms with Crippen LogP contribution in [0.2, 0.25) is 0 Å². The van der Waals surface area contributed by atoms with Crippen molar-refractivity contribution >= 4 is 24.1 Å². The molecule has 2 aromatic carbocycles. The fourth-order valence-electron chi connectivity index (χ4n) is 5.99. The summed E-state index contributed by atoms with van der Waals surface area (Å²) in [4.78, 5) is 34.6. The molecule has 0 aliphatic carbocycles. The lowest BCUT2D eigenvalue weighted by molar-refractivity contribution is -0.127. The van der Waals surface area contributed by atoms with E-state index in [0.29, 0.717) is 19.4 Å². The number of hydrogen-bond acceptors (Lipinski definition) is 9. The Morgan fingerprint density at radius 2 is 1.73 bits per heavy atom. The van der Waals surface area contributed by atoms with E-state index < -0.39 is 30.4 Å². The first kappa shape index (κ1) is 31.8. The van der Waals surface area contributed by atoms with Crippen molar-refractivity contribution in [1.29, 1.82) is 0 Å². The minimum absolute atomic E-state index is 0.00407. The van der Waals surface area contributed by atoms with E-state index in [-0.39, 0.29) is 49.9 Å². The zero-order valence-electron chi connectivity index (χ0n) is 25.2. The number of aliphatic hydroxyl groups is 1. The minimum atomic E-state index is -0.998. The number of carbonyl (C=O) groups excluding carboxylic acids is 2. The molecule has 11 nitrogen and oxygen atoms in total. The minimum Gasteiger partial charge on any atom is -0.443 e. The molecule has 0 saturated carbocycles. The first-order valence-corrected chi connectivity index (χ1v) is 15.3. The zero-order chi connectivity index (χ0) is 30.9. The summed E-state index contributed by atoms with van der Waals surface area (Å²) in [7, 11) is 0. The second kappa shape index (κ2) is 15.4. The maximum atomic E-state index is 13.1. The summed E-state index contributed by atoms with van der Waals surface area (Å²) >= 11 is 0. The molecule has 0 aromatic heterocycles. The number of ether oxygens (including phenoxy) is 4. The van der Waals surface area contributed by atoms with Gasteiger partial charge in [0, 0.05) is 11.8 Å². The lowest BCUT2D eigenvalue weighted by Crippen LogP contribution is -2.50. The van der Waals surface area contributed by atoms with Crippen molar-refractivity contribution in [3.63, 3.8) is 0 Å². The number of fused-ring (bicyclic) bond motifs is 1. The van der Waals surface area contributed by atoms with Crippen molar-refractivity contribution in [3.05, 3.63) is 71.8 Å². The van der Waals surface area contributed by atoms with E-state index in [1.165, 1.54) is 6.34 Å². The number of alkyl carbamates (subject to hydrolysis) is 1. The Morgan fingerprint density at radius 3 is 2.43 bits per heavy atom. The second-order valence-corrected chi connectivity index (χ2v) is 11.7. The van der Waals surface area contributed by atoms with Crippen LogP contribution in [0.1, 0.15) is 37.8 Å². The van der Waals surface area contributed by atoms with E-state index in [1.807, 2.05) is 74.5 Å². The average molecular weight is 607 g/mol. The Bertz CT molecular complexity index is 1290. The highest BCUT2D eigenvalue weighted by molar-refractivity contribution is 5.94. The predicted octanol–water partition coefficient (Wildman–Crippen LogP) is 2.84. The van der Waals surface area contributed by atoms with Crippen LogP contribution in [0.4, 0.5) is 4.79 Å². The summed E-state index contributed by atoms with van der Waals surface area (Å²) in [5, 5.41) is 17.5. The Hall–Kier alpha value is -3.64. The van der Waals surface area contributed by atoms with E-state index >= 15 is 0 Å². The maximum absolute atomic E-state index is 13.1. The Balaban J connectivity index is 1.25. The third-order valence-corrected chi connectivity index (χ3v) is 8.33. The van der Waals surface area contributed by atoms with Crippen LogP contribution in [0.15, 0.2) is 70.6 Å². The summed E-state index contributed by atoms with van der Waals surface area (Å²) in [6.07, 6.45) is 0.576. The fraction of sp³-hybridized carbons (Fsp3) is 0.515. The number of aliphatic imine (C=N–C) groups is 2. The third kappa shape index (κ3) is 8.72. The van der Waals surface area contributed by atoms with Gasteiger partial charge < -0.3 is 34.7 Å². The van der Waals surface area contributed by atoms with Gasteiger partial charge in [-0.2, -0.15) is 0 Å². The maximum Gasteiger partial charge on any atom is 0.407 e. The van der Waals surface area contributed by atoms with E-state index in [4.69, 9.17) is 18.9 Å². The van der Waals surface area contributed by atoms with Crippen LogP contribution in [0.3, 0.4) is 0 Å². The van der Waals surface area contributed by atoms with Gasteiger partial charge in [0.25, 0.3) is 0 Å². The van der Waals surface area contributed by atoms with Crippen LogP contribution >= 0.6 is 0 Å². The van der Waals surface area contributed by atoms with Gasteiger partial charge in [0.05, 0.1) is 37.3 Å². The Morgan fingerprint density at radius 1 is 1.02 bits per heavy atom. The number of nitrogens with one attached hydrogen (secondary N) is 2. The number of nitrogens with zero attached hydrogens (tertiary/aromatic N) is 2. The normalized spacial score (nSPS) is 26.2. The van der Waals surface area contributed by atoms with Gasteiger partial charge in [-0.3, -0.25) is 9.79 Å². The molecule has 2 fully saturated rings. The first-order chi connectivity index (χ1) is 21.4. The molecular weight excluding hydrogens is 564 g/mol. The Labute approximate surface area is 258 Å². The molecule has 3 heterocycles. The van der Waals surface area contributed by atoms with Crippen molar-refractivity contribution in [1.82, 2.24) is 10.6 Å². The summed E-state index contributed by atoms with van der Waals surface area (Å²) < 4.78 is 22.8. The van der Waals surface area contributed by atoms with Crippen LogP contribution in [0, 0.1) is 5.92 Å². The van der Waals surface area contributed by atoms with Crippen molar-refractivity contribution < 1.29 is 33.6 Å². The van der Waals surface area contributed by atoms with Crippen molar-refractivity contribution in [3.8, 4) is 0 Å². The molecular formula is C33H42N4O7. The molecule has 3 aliphatic rings. The number of amides is 2. The van der Waals surface area contributed by atoms with Gasteiger partial charge in [0.2, 0.25) is 5.91 Å². The molecule has 2 unspecified atom stereocenters. The lowest BCUT2D eigenvalue weighted by Gasteiger charge is -2.29. The van der Waals surface area contributed by atoms with Crippen LogP contribution in [-0.4, -0.2) is 91.7 Å². The number of carbonyl (C=O) groups is 2. The average Bonchev–Trinajstić information content (AvgIpc) is 3.63. The molecule has 8 atom stereocenters. The molecule has 2 saturated heterocycles. The van der Waals surface area contributed by atoms with Gasteiger partial charge in [0.15, 0.2) is 6.29 Å². The molecule has 2 aromatic rings. The molecule has 3 aliphatic heterocycles. The molecule has 236 valence electrons. The van der Waals surface area contributed by atoms with Crippen LogP contribution in [0.5, 0.6) is 0 Å². The zero-order valence-corrected chi connectivity index (χ0v) is 25.2. The summed E-state index contributed by atoms with van der Waals surface area (Å²) in [5.74, 6) is -0.307. The Kier molecular flexibility index (Phi) is 11.1. The van der Waals surface area contributed by atoms with Gasteiger partial charge in [0.1, 0.15) is 25.2 Å². The highest BCUT2D eigenvalue weighted by atomic mass is 16.7. The smallest absolute Gasteiger partial charge is 0.407 e. The molecule has 2 amide bonds. The molecule has 0 bridgehead atoms. The van der Waals surface area contributed by atoms with Gasteiger partial charge in [-0.1, -0.05) is 60.7 Å². The largest absolute Gasteiger partial charge is 0.443 e. The van der Waals surface area contributed by atoms with Gasteiger partial charge in [-0.05, 0) is 50.7 Å². The number of aliphatic hydroxyl groups excluding tert-OH is 1. The number of hydrogen-bond donors (Lipinski definition) is 3. The summed E-state index contributed by atoms with van der Waals surface area (Å²) in [5.41, 5.74) is 2.72. The molecule has 0 radical (unpaired) electrons. The molecule has 11 heteroatoms. The molecule has 3 N–H and O–H groups in total. The van der Waals surface area contributed by atoms with Gasteiger partial charge in [-0.15, -0.1) is 0 Å². The van der Waals surface area contributed by atoms with Gasteiger partial charge in [-0.25, -0.2) is 9.79 Å². The van der Waals surface area contributed by atoms with Crippen LogP contribution in [-0.2, 0) is 36.6 Å². The van der Waals surface area contributed by atoms with E-state index in [2.05, 4.69) is 20.6 Å². The quantitative estimate of drug-likeness (QED) is 0.319. The second-order valence-electron chi connectivity index (χ2n) is 11.7. The number of rotatable bonds is 13. The number of benzene rings is 2. The molecule has 0 spiro atoms. The standard InChI is InChI=1S/C33H42N4O7/c1-21-31(22(2)35-20-34-21)42-19-30(39)36-25(15-23-9-5-3-6-10-23)17-28(38)27(16-24-11-7-4-8-12-24)37-33(40)44-29-18-43-32-26(29)13-14-41-32/h3-12,20-21,25-29,31-32,38H,13-19H2,1-2H3,(H,36,39)(H,37,40)/t21?,25-,26-,27-,28-,29-,31?,32+/m0/s1. The summed E-state index contributed by atoms with van der Waals surface area (Å²) in [6, 6.07) is 18.1. The predicted molar refractivity (Wildman–Crippen MR) is 165 cm³/mol. The van der Waals surface area contributed by atoms with E-state index in [0.717, 1.165) is 23.3 Å². The first-order valence-electron chi connectivity index (χ1n) is 15.3. The molecule has 5 rings (SSSR count). The van der Waals surface area contributed by atoms with Gasteiger partial charge >= 0.3 is 6.09 Å². The highest BCUT2D eigenvalue weighted by Gasteiger charge is 2.44. The summed E-state index contributed by atoms with van der Waals surface area (Å²) in [6.45, 7) is 4.44. The topological polar surface area (TPSA) is 140 Å². The van der Waals surface area contributed by atoms with E-state index in [9.17, 15) is 14.7 Å².